The molecule has 0 saturated heterocycles. The Balaban J connectivity index is 2.10. The molecular formula is C16H12F2O3. The van der Waals surface area contributed by atoms with Crippen LogP contribution in [0.2, 0.25) is 0 Å². The van der Waals surface area contributed by atoms with Crippen molar-refractivity contribution in [2.75, 3.05) is 0 Å². The number of hydrogen-bond acceptors (Lipinski definition) is 3. The highest BCUT2D eigenvalue weighted by Crippen LogP contribution is 2.12. The molecule has 0 spiro atoms. The zero-order valence-electron chi connectivity index (χ0n) is 11.2. The summed E-state index contributed by atoms with van der Waals surface area (Å²) in [6, 6.07) is 10.7. The molecule has 0 aromatic heterocycles. The lowest BCUT2D eigenvalue weighted by atomic mass is 10.1. The van der Waals surface area contributed by atoms with Crippen molar-refractivity contribution in [3.63, 3.8) is 0 Å². The zero-order valence-corrected chi connectivity index (χ0v) is 11.2. The first kappa shape index (κ1) is 14.8. The SMILES string of the molecule is CC(OC(=O)c1cc(F)cc(F)c1)C(=O)c1ccccc1. The normalized spacial score (nSPS) is 11.8. The van der Waals surface area contributed by atoms with Gasteiger partial charge in [-0.2, -0.15) is 0 Å². The van der Waals surface area contributed by atoms with Gasteiger partial charge in [0.2, 0.25) is 5.78 Å². The summed E-state index contributed by atoms with van der Waals surface area (Å²) in [5.74, 6) is -3.11. The van der Waals surface area contributed by atoms with Gasteiger partial charge in [-0.15, -0.1) is 0 Å². The maximum Gasteiger partial charge on any atom is 0.339 e. The van der Waals surface area contributed by atoms with Crippen LogP contribution in [0.4, 0.5) is 8.78 Å². The van der Waals surface area contributed by atoms with E-state index in [-0.39, 0.29) is 11.3 Å². The summed E-state index contributed by atoms with van der Waals surface area (Å²) in [5.41, 5.74) is 0.114. The molecular weight excluding hydrogens is 278 g/mol. The number of ether oxygens (including phenoxy) is 1. The Hall–Kier alpha value is -2.56. The summed E-state index contributed by atoms with van der Waals surface area (Å²) in [5, 5.41) is 0. The summed E-state index contributed by atoms with van der Waals surface area (Å²) in [7, 11) is 0. The van der Waals surface area contributed by atoms with Gasteiger partial charge in [0.1, 0.15) is 11.6 Å². The lowest BCUT2D eigenvalue weighted by molar-refractivity contribution is 0.0318. The molecule has 108 valence electrons. The van der Waals surface area contributed by atoms with Crippen LogP contribution in [-0.4, -0.2) is 17.9 Å². The number of carbonyl (C=O) groups excluding carboxylic acids is 2. The Labute approximate surface area is 120 Å². The van der Waals surface area contributed by atoms with Gasteiger partial charge in [-0.25, -0.2) is 13.6 Å². The standard InChI is InChI=1S/C16H12F2O3/c1-10(15(19)11-5-3-2-4-6-11)21-16(20)12-7-13(17)9-14(18)8-12/h2-10H,1H3. The molecule has 0 heterocycles. The minimum absolute atomic E-state index is 0.278. The summed E-state index contributed by atoms with van der Waals surface area (Å²) in [6.07, 6.45) is -1.05. The lowest BCUT2D eigenvalue weighted by Crippen LogP contribution is -2.24. The molecule has 3 nitrogen and oxygen atoms in total. The van der Waals surface area contributed by atoms with Crippen LogP contribution in [0, 0.1) is 11.6 Å². The molecule has 2 aromatic rings. The van der Waals surface area contributed by atoms with Crippen molar-refractivity contribution in [2.24, 2.45) is 0 Å². The minimum atomic E-state index is -1.05. The van der Waals surface area contributed by atoms with Crippen LogP contribution < -0.4 is 0 Å². The van der Waals surface area contributed by atoms with Gasteiger partial charge in [0.25, 0.3) is 0 Å². The highest BCUT2D eigenvalue weighted by molar-refractivity contribution is 6.01. The van der Waals surface area contributed by atoms with Crippen molar-refractivity contribution >= 4 is 11.8 Å². The molecule has 0 aliphatic rings. The fourth-order valence-electron chi connectivity index (χ4n) is 1.79. The molecule has 21 heavy (non-hydrogen) atoms. The van der Waals surface area contributed by atoms with Crippen LogP contribution in [0.15, 0.2) is 48.5 Å². The molecule has 2 aromatic carbocycles. The summed E-state index contributed by atoms with van der Waals surface area (Å²) >= 11 is 0. The molecule has 0 radical (unpaired) electrons. The van der Waals surface area contributed by atoms with Crippen molar-refractivity contribution in [3.05, 3.63) is 71.3 Å². The third kappa shape index (κ3) is 3.72. The number of halogens is 2. The molecule has 0 bridgehead atoms. The second kappa shape index (κ2) is 6.26. The van der Waals surface area contributed by atoms with Gasteiger partial charge in [-0.05, 0) is 19.1 Å². The Morgan fingerprint density at radius 2 is 1.52 bits per heavy atom. The molecule has 1 atom stereocenters. The Morgan fingerprint density at radius 1 is 0.952 bits per heavy atom. The molecule has 0 saturated carbocycles. The molecule has 0 fully saturated rings. The predicted molar refractivity (Wildman–Crippen MR) is 72.0 cm³/mol. The van der Waals surface area contributed by atoms with E-state index in [0.717, 1.165) is 12.1 Å². The lowest BCUT2D eigenvalue weighted by Gasteiger charge is -2.12. The second-order valence-corrected chi connectivity index (χ2v) is 4.44. The van der Waals surface area contributed by atoms with E-state index in [0.29, 0.717) is 11.6 Å². The van der Waals surface area contributed by atoms with Crippen molar-refractivity contribution < 1.29 is 23.1 Å². The van der Waals surface area contributed by atoms with Crippen LogP contribution in [0.25, 0.3) is 0 Å². The number of ketones is 1. The second-order valence-electron chi connectivity index (χ2n) is 4.44. The number of hydrogen-bond donors (Lipinski definition) is 0. The van der Waals surface area contributed by atoms with E-state index in [2.05, 4.69) is 0 Å². The van der Waals surface area contributed by atoms with E-state index in [1.54, 1.807) is 30.3 Å². The fourth-order valence-corrected chi connectivity index (χ4v) is 1.79. The third-order valence-electron chi connectivity index (χ3n) is 2.81. The first-order valence-electron chi connectivity index (χ1n) is 6.23. The average molecular weight is 290 g/mol. The van der Waals surface area contributed by atoms with Crippen LogP contribution in [0.3, 0.4) is 0 Å². The molecule has 1 unspecified atom stereocenters. The van der Waals surface area contributed by atoms with E-state index in [9.17, 15) is 18.4 Å². The van der Waals surface area contributed by atoms with Gasteiger partial charge in [0.05, 0.1) is 5.56 Å². The number of benzene rings is 2. The van der Waals surface area contributed by atoms with Gasteiger partial charge in [-0.1, -0.05) is 30.3 Å². The van der Waals surface area contributed by atoms with Gasteiger partial charge < -0.3 is 4.74 Å². The van der Waals surface area contributed by atoms with Gasteiger partial charge >= 0.3 is 5.97 Å². The fraction of sp³-hybridized carbons (Fsp3) is 0.125. The maximum atomic E-state index is 13.0. The van der Waals surface area contributed by atoms with Crippen molar-refractivity contribution in [1.29, 1.82) is 0 Å². The van der Waals surface area contributed by atoms with E-state index in [1.807, 2.05) is 0 Å². The molecule has 0 N–H and O–H groups in total. The van der Waals surface area contributed by atoms with Gasteiger partial charge in [-0.3, -0.25) is 4.79 Å². The topological polar surface area (TPSA) is 43.4 Å². The Kier molecular flexibility index (Phi) is 4.42. The van der Waals surface area contributed by atoms with Gasteiger partial charge in [0, 0.05) is 11.6 Å². The first-order valence-corrected chi connectivity index (χ1v) is 6.23. The molecule has 0 amide bonds. The van der Waals surface area contributed by atoms with Crippen molar-refractivity contribution in [1.82, 2.24) is 0 Å². The van der Waals surface area contributed by atoms with E-state index >= 15 is 0 Å². The summed E-state index contributed by atoms with van der Waals surface area (Å²) in [6.45, 7) is 1.41. The van der Waals surface area contributed by atoms with Crippen LogP contribution >= 0.6 is 0 Å². The highest BCUT2D eigenvalue weighted by Gasteiger charge is 2.20. The quantitative estimate of drug-likeness (QED) is 0.640. The van der Waals surface area contributed by atoms with Crippen LogP contribution in [-0.2, 0) is 4.74 Å². The molecule has 0 aliphatic heterocycles. The van der Waals surface area contributed by atoms with Crippen LogP contribution in [0.5, 0.6) is 0 Å². The number of carbonyl (C=O) groups is 2. The van der Waals surface area contributed by atoms with Crippen molar-refractivity contribution in [3.8, 4) is 0 Å². The average Bonchev–Trinajstić information content (AvgIpc) is 2.46. The Bertz CT molecular complexity index is 648. The van der Waals surface area contributed by atoms with E-state index in [4.69, 9.17) is 4.74 Å². The smallest absolute Gasteiger partial charge is 0.339 e. The molecule has 0 aliphatic carbocycles. The van der Waals surface area contributed by atoms with E-state index in [1.165, 1.54) is 6.92 Å². The number of Topliss-reactive ketones (excluding diaryl/α,β-unsaturated/α-hetero) is 1. The molecule has 5 heteroatoms. The number of rotatable bonds is 4. The largest absolute Gasteiger partial charge is 0.451 e. The van der Waals surface area contributed by atoms with E-state index < -0.39 is 23.7 Å². The number of esters is 1. The Morgan fingerprint density at radius 3 is 2.10 bits per heavy atom. The minimum Gasteiger partial charge on any atom is -0.451 e. The maximum absolute atomic E-state index is 13.0. The summed E-state index contributed by atoms with van der Waals surface area (Å²) in [4.78, 5) is 23.8. The zero-order chi connectivity index (χ0) is 15.4. The predicted octanol–water partition coefficient (Wildman–Crippen LogP) is 3.39. The van der Waals surface area contributed by atoms with Gasteiger partial charge in [0.15, 0.2) is 6.10 Å². The third-order valence-corrected chi connectivity index (χ3v) is 2.81. The first-order chi connectivity index (χ1) is 9.97. The van der Waals surface area contributed by atoms with Crippen molar-refractivity contribution in [2.45, 2.75) is 13.0 Å². The monoisotopic (exact) mass is 290 g/mol. The highest BCUT2D eigenvalue weighted by atomic mass is 19.1. The van der Waals surface area contributed by atoms with Crippen LogP contribution in [0.1, 0.15) is 27.6 Å². The molecule has 2 rings (SSSR count). The summed E-state index contributed by atoms with van der Waals surface area (Å²) < 4.78 is 31.0.